The molecule has 96 valence electrons. The van der Waals surface area contributed by atoms with E-state index in [0.29, 0.717) is 0 Å². The molecule has 0 fully saturated rings. The van der Waals surface area contributed by atoms with Crippen LogP contribution in [0.2, 0.25) is 0 Å². The predicted octanol–water partition coefficient (Wildman–Crippen LogP) is 4.10. The summed E-state index contributed by atoms with van der Waals surface area (Å²) in [6.07, 6.45) is 7.13. The lowest BCUT2D eigenvalue weighted by Crippen LogP contribution is -2.06. The van der Waals surface area contributed by atoms with Crippen LogP contribution < -0.4 is 0 Å². The van der Waals surface area contributed by atoms with Gasteiger partial charge in [-0.15, -0.1) is 11.8 Å². The van der Waals surface area contributed by atoms with Gasteiger partial charge in [-0.05, 0) is 37.8 Å². The molecule has 2 aromatic rings. The molecule has 0 saturated carbocycles. The summed E-state index contributed by atoms with van der Waals surface area (Å²) in [5.41, 5.74) is 3.87. The van der Waals surface area contributed by atoms with Crippen LogP contribution in [-0.4, -0.2) is 14.1 Å². The van der Waals surface area contributed by atoms with Crippen LogP contribution >= 0.6 is 11.8 Å². The van der Waals surface area contributed by atoms with Crippen LogP contribution in [0, 0.1) is 0 Å². The van der Waals surface area contributed by atoms with E-state index in [-0.39, 0.29) is 4.75 Å². The Morgan fingerprint density at radius 3 is 2.78 bits per heavy atom. The van der Waals surface area contributed by atoms with E-state index in [0.717, 1.165) is 12.1 Å². The molecule has 2 aromatic heterocycles. The average Bonchev–Trinajstić information content (AvgIpc) is 2.64. The van der Waals surface area contributed by atoms with Crippen LogP contribution in [0.1, 0.15) is 45.0 Å². The van der Waals surface area contributed by atoms with Gasteiger partial charge in [0, 0.05) is 21.5 Å². The summed E-state index contributed by atoms with van der Waals surface area (Å²) in [7, 11) is 0. The Bertz CT molecular complexity index is 578. The van der Waals surface area contributed by atoms with Crippen LogP contribution in [0.15, 0.2) is 23.2 Å². The molecule has 2 heterocycles. The Kier molecular flexibility index (Phi) is 2.89. The van der Waals surface area contributed by atoms with E-state index >= 15 is 0 Å². The van der Waals surface area contributed by atoms with Crippen LogP contribution in [0.25, 0.3) is 5.65 Å². The first-order valence-corrected chi connectivity index (χ1v) is 7.53. The highest BCUT2D eigenvalue weighted by Crippen LogP contribution is 2.33. The first-order chi connectivity index (χ1) is 8.53. The molecular formula is C15H20N2S. The zero-order valence-corrected chi connectivity index (χ0v) is 12.2. The lowest BCUT2D eigenvalue weighted by molar-refractivity contribution is 0.660. The van der Waals surface area contributed by atoms with Crippen LogP contribution in [0.3, 0.4) is 0 Å². The van der Waals surface area contributed by atoms with Gasteiger partial charge in [-0.25, -0.2) is 4.98 Å². The van der Waals surface area contributed by atoms with Crippen molar-refractivity contribution < 1.29 is 0 Å². The van der Waals surface area contributed by atoms with Gasteiger partial charge in [0.05, 0.1) is 5.69 Å². The summed E-state index contributed by atoms with van der Waals surface area (Å²) in [4.78, 5) is 6.11. The SMILES string of the molecule is CC(C)(C)Sc1ccn2c3c(nc2c1)CCCC3. The molecule has 0 aromatic carbocycles. The van der Waals surface area contributed by atoms with E-state index in [1.165, 1.54) is 35.5 Å². The van der Waals surface area contributed by atoms with Gasteiger partial charge in [0.15, 0.2) is 0 Å². The van der Waals surface area contributed by atoms with Gasteiger partial charge >= 0.3 is 0 Å². The maximum Gasteiger partial charge on any atom is 0.138 e. The van der Waals surface area contributed by atoms with Crippen LogP contribution in [-0.2, 0) is 12.8 Å². The fourth-order valence-corrected chi connectivity index (χ4v) is 3.59. The summed E-state index contributed by atoms with van der Waals surface area (Å²) >= 11 is 1.91. The minimum Gasteiger partial charge on any atom is -0.304 e. The number of thioether (sulfide) groups is 1. The Hall–Kier alpha value is -0.960. The standard InChI is InChI=1S/C15H20N2S/c1-15(2,3)18-11-8-9-17-13-7-5-4-6-12(13)16-14(17)10-11/h8-10H,4-7H2,1-3H3. The summed E-state index contributed by atoms with van der Waals surface area (Å²) < 4.78 is 2.53. The monoisotopic (exact) mass is 260 g/mol. The molecule has 0 aliphatic heterocycles. The van der Waals surface area contributed by atoms with E-state index in [9.17, 15) is 0 Å². The molecule has 0 radical (unpaired) electrons. The van der Waals surface area contributed by atoms with Crippen LogP contribution in [0.5, 0.6) is 0 Å². The summed E-state index contributed by atoms with van der Waals surface area (Å²) in [6, 6.07) is 4.45. The third-order valence-electron chi connectivity index (χ3n) is 3.28. The number of pyridine rings is 1. The van der Waals surface area contributed by atoms with Gasteiger partial charge in [0.2, 0.25) is 0 Å². The van der Waals surface area contributed by atoms with Gasteiger partial charge in [0.1, 0.15) is 5.65 Å². The highest BCUT2D eigenvalue weighted by molar-refractivity contribution is 8.00. The van der Waals surface area contributed by atoms with E-state index in [2.05, 4.69) is 43.5 Å². The number of imidazole rings is 1. The highest BCUT2D eigenvalue weighted by atomic mass is 32.2. The molecule has 0 atom stereocenters. The molecule has 18 heavy (non-hydrogen) atoms. The summed E-state index contributed by atoms with van der Waals surface area (Å²) in [5, 5.41) is 0. The smallest absolute Gasteiger partial charge is 0.138 e. The number of hydrogen-bond acceptors (Lipinski definition) is 2. The fourth-order valence-electron chi connectivity index (χ4n) is 2.59. The van der Waals surface area contributed by atoms with Gasteiger partial charge in [-0.3, -0.25) is 0 Å². The molecule has 0 amide bonds. The minimum absolute atomic E-state index is 0.255. The number of aromatic nitrogens is 2. The third kappa shape index (κ3) is 2.28. The maximum atomic E-state index is 4.79. The van der Waals surface area contributed by atoms with Crippen molar-refractivity contribution in [3.8, 4) is 0 Å². The van der Waals surface area contributed by atoms with Crippen LogP contribution in [0.4, 0.5) is 0 Å². The number of nitrogens with zero attached hydrogens (tertiary/aromatic N) is 2. The molecule has 0 spiro atoms. The van der Waals surface area contributed by atoms with Crippen molar-refractivity contribution >= 4 is 17.4 Å². The summed E-state index contributed by atoms with van der Waals surface area (Å²) in [6.45, 7) is 6.75. The lowest BCUT2D eigenvalue weighted by Gasteiger charge is -2.17. The summed E-state index contributed by atoms with van der Waals surface area (Å²) in [5.74, 6) is 0. The zero-order valence-electron chi connectivity index (χ0n) is 11.4. The van der Waals surface area contributed by atoms with E-state index in [1.807, 2.05) is 11.8 Å². The van der Waals surface area contributed by atoms with Crippen molar-refractivity contribution in [2.24, 2.45) is 0 Å². The second-order valence-electron chi connectivity index (χ2n) is 6.02. The van der Waals surface area contributed by atoms with Crippen molar-refractivity contribution in [1.82, 2.24) is 9.38 Å². The third-order valence-corrected chi connectivity index (χ3v) is 4.38. The highest BCUT2D eigenvalue weighted by Gasteiger charge is 2.17. The van der Waals surface area contributed by atoms with Crippen molar-refractivity contribution in [3.05, 3.63) is 29.7 Å². The fraction of sp³-hybridized carbons (Fsp3) is 0.533. The molecule has 2 nitrogen and oxygen atoms in total. The minimum atomic E-state index is 0.255. The van der Waals surface area contributed by atoms with Gasteiger partial charge < -0.3 is 4.40 Å². The Balaban J connectivity index is 2.03. The number of hydrogen-bond donors (Lipinski definition) is 0. The number of fused-ring (bicyclic) bond motifs is 3. The predicted molar refractivity (Wildman–Crippen MR) is 77.4 cm³/mol. The topological polar surface area (TPSA) is 17.3 Å². The largest absolute Gasteiger partial charge is 0.304 e. The molecule has 0 unspecified atom stereocenters. The second-order valence-corrected chi connectivity index (χ2v) is 7.92. The van der Waals surface area contributed by atoms with Crippen molar-refractivity contribution in [2.75, 3.05) is 0 Å². The zero-order chi connectivity index (χ0) is 12.8. The second kappa shape index (κ2) is 4.30. The molecule has 0 N–H and O–H groups in total. The molecule has 3 heteroatoms. The van der Waals surface area contributed by atoms with Crippen molar-refractivity contribution in [3.63, 3.8) is 0 Å². The van der Waals surface area contributed by atoms with Gasteiger partial charge in [0.25, 0.3) is 0 Å². The quantitative estimate of drug-likeness (QED) is 0.718. The van der Waals surface area contributed by atoms with Gasteiger partial charge in [-0.1, -0.05) is 20.8 Å². The average molecular weight is 260 g/mol. The molecule has 1 aliphatic carbocycles. The van der Waals surface area contributed by atoms with Gasteiger partial charge in [-0.2, -0.15) is 0 Å². The molecule has 3 rings (SSSR count). The molecule has 1 aliphatic rings. The Morgan fingerprint density at radius 2 is 2.00 bits per heavy atom. The molecular weight excluding hydrogens is 240 g/mol. The molecule has 0 bridgehead atoms. The number of rotatable bonds is 1. The van der Waals surface area contributed by atoms with Crippen molar-refractivity contribution in [2.45, 2.75) is 56.1 Å². The number of aryl methyl sites for hydroxylation is 2. The maximum absolute atomic E-state index is 4.79. The normalized spacial score (nSPS) is 15.9. The van der Waals surface area contributed by atoms with E-state index in [1.54, 1.807) is 0 Å². The lowest BCUT2D eigenvalue weighted by atomic mass is 10.0. The first-order valence-electron chi connectivity index (χ1n) is 6.72. The first kappa shape index (κ1) is 12.1. The van der Waals surface area contributed by atoms with E-state index < -0.39 is 0 Å². The van der Waals surface area contributed by atoms with E-state index in [4.69, 9.17) is 4.98 Å². The Morgan fingerprint density at radius 1 is 1.22 bits per heavy atom. The van der Waals surface area contributed by atoms with Crippen molar-refractivity contribution in [1.29, 1.82) is 0 Å². The molecule has 0 saturated heterocycles. The Labute approximate surface area is 113 Å².